The molecule has 2 aromatic heterocycles. The highest BCUT2D eigenvalue weighted by atomic mass is 19.4. The highest BCUT2D eigenvalue weighted by Crippen LogP contribution is 2.61. The van der Waals surface area contributed by atoms with Crippen molar-refractivity contribution in [3.63, 3.8) is 0 Å². The Kier molecular flexibility index (Phi) is 5.24. The molecule has 1 saturated heterocycles. The van der Waals surface area contributed by atoms with Gasteiger partial charge in [0.2, 0.25) is 5.91 Å². The second-order valence-corrected chi connectivity index (χ2v) is 9.86. The van der Waals surface area contributed by atoms with E-state index in [9.17, 15) is 27.9 Å². The van der Waals surface area contributed by atoms with E-state index >= 15 is 0 Å². The molecule has 2 aromatic rings. The lowest BCUT2D eigenvalue weighted by Crippen LogP contribution is -2.48. The maximum Gasteiger partial charge on any atom is 0.405 e. The van der Waals surface area contributed by atoms with E-state index in [4.69, 9.17) is 0 Å². The number of carbonyl (C=O) groups excluding carboxylic acids is 1. The lowest BCUT2D eigenvalue weighted by Gasteiger charge is -2.56. The van der Waals surface area contributed by atoms with Crippen LogP contribution < -0.4 is 10.6 Å². The molecule has 1 spiro atoms. The van der Waals surface area contributed by atoms with Gasteiger partial charge in [-0.3, -0.25) is 4.79 Å². The highest BCUT2D eigenvalue weighted by Gasteiger charge is 2.51. The molecule has 3 heterocycles. The summed E-state index contributed by atoms with van der Waals surface area (Å²) in [6, 6.07) is 2.92. The molecule has 178 valence electrons. The van der Waals surface area contributed by atoms with Crippen LogP contribution in [0.25, 0.3) is 5.65 Å². The molecule has 11 heteroatoms. The number of hydrogen-bond acceptors (Lipinski definition) is 4. The average molecular weight is 465 g/mol. The van der Waals surface area contributed by atoms with Crippen LogP contribution in [0.3, 0.4) is 0 Å². The Balaban J connectivity index is 1.33. The van der Waals surface area contributed by atoms with Gasteiger partial charge in [0.25, 0.3) is 0 Å². The summed E-state index contributed by atoms with van der Waals surface area (Å²) in [7, 11) is 0. The van der Waals surface area contributed by atoms with Gasteiger partial charge >= 0.3 is 12.3 Å². The minimum absolute atomic E-state index is 0.0871. The SMILES string of the molecule is O=C(O)NC(c1cn2nc(CC3C[C@@H](C(F)(F)F)CNC3=O)ccc2n1)C1CC2(CCC2)C1. The molecular weight excluding hydrogens is 439 g/mol. The Morgan fingerprint density at radius 3 is 2.73 bits per heavy atom. The van der Waals surface area contributed by atoms with E-state index in [0.29, 0.717) is 22.5 Å². The molecule has 0 aromatic carbocycles. The third kappa shape index (κ3) is 4.24. The zero-order valence-corrected chi connectivity index (χ0v) is 17.9. The van der Waals surface area contributed by atoms with E-state index in [-0.39, 0.29) is 18.8 Å². The molecule has 2 aliphatic carbocycles. The summed E-state index contributed by atoms with van der Waals surface area (Å²) in [5.74, 6) is -2.60. The molecule has 2 saturated carbocycles. The van der Waals surface area contributed by atoms with Crippen LogP contribution in [0, 0.1) is 23.2 Å². The third-order valence-corrected chi connectivity index (χ3v) is 7.65. The highest BCUT2D eigenvalue weighted by molar-refractivity contribution is 5.79. The predicted octanol–water partition coefficient (Wildman–Crippen LogP) is 3.48. The number of fused-ring (bicyclic) bond motifs is 1. The first-order valence-electron chi connectivity index (χ1n) is 11.3. The van der Waals surface area contributed by atoms with Crippen molar-refractivity contribution >= 4 is 17.6 Å². The van der Waals surface area contributed by atoms with E-state index in [1.54, 1.807) is 18.3 Å². The second kappa shape index (κ2) is 7.88. The van der Waals surface area contributed by atoms with Crippen LogP contribution >= 0.6 is 0 Å². The quantitative estimate of drug-likeness (QED) is 0.627. The molecule has 3 N–H and O–H groups in total. The lowest BCUT2D eigenvalue weighted by molar-refractivity contribution is -0.183. The Hall–Kier alpha value is -2.85. The Morgan fingerprint density at radius 2 is 2.09 bits per heavy atom. The lowest BCUT2D eigenvalue weighted by atomic mass is 9.50. The number of piperidine rings is 1. The largest absolute Gasteiger partial charge is 0.465 e. The van der Waals surface area contributed by atoms with Crippen molar-refractivity contribution in [2.45, 2.75) is 57.2 Å². The second-order valence-electron chi connectivity index (χ2n) is 9.86. The number of hydrogen-bond donors (Lipinski definition) is 3. The first kappa shape index (κ1) is 22.0. The van der Waals surface area contributed by atoms with Gasteiger partial charge in [0.15, 0.2) is 5.65 Å². The number of aromatic nitrogens is 3. The van der Waals surface area contributed by atoms with Crippen LogP contribution in [-0.4, -0.2) is 44.4 Å². The number of carboxylic acid groups (broad SMARTS) is 1. The van der Waals surface area contributed by atoms with E-state index in [1.165, 1.54) is 23.8 Å². The van der Waals surface area contributed by atoms with Gasteiger partial charge in [-0.2, -0.15) is 18.3 Å². The molecule has 3 fully saturated rings. The summed E-state index contributed by atoms with van der Waals surface area (Å²) in [6.45, 7) is -0.392. The van der Waals surface area contributed by atoms with Gasteiger partial charge in [-0.15, -0.1) is 0 Å². The van der Waals surface area contributed by atoms with Gasteiger partial charge in [-0.1, -0.05) is 6.42 Å². The summed E-state index contributed by atoms with van der Waals surface area (Å²) in [5.41, 5.74) is 1.95. The van der Waals surface area contributed by atoms with Crippen LogP contribution in [0.15, 0.2) is 18.3 Å². The van der Waals surface area contributed by atoms with Crippen molar-refractivity contribution in [2.24, 2.45) is 23.2 Å². The molecule has 5 rings (SSSR count). The van der Waals surface area contributed by atoms with Crippen molar-refractivity contribution in [3.8, 4) is 0 Å². The smallest absolute Gasteiger partial charge is 0.405 e. The molecule has 8 nitrogen and oxygen atoms in total. The van der Waals surface area contributed by atoms with Gasteiger partial charge in [0.1, 0.15) is 0 Å². The Bertz CT molecular complexity index is 1070. The van der Waals surface area contributed by atoms with Crippen LogP contribution in [0.5, 0.6) is 0 Å². The molecule has 0 radical (unpaired) electrons. The van der Waals surface area contributed by atoms with Crippen LogP contribution in [0.4, 0.5) is 18.0 Å². The number of rotatable bonds is 5. The first-order chi connectivity index (χ1) is 15.6. The van der Waals surface area contributed by atoms with Crippen molar-refractivity contribution in [1.82, 2.24) is 25.2 Å². The number of amides is 2. The molecule has 2 unspecified atom stereocenters. The van der Waals surface area contributed by atoms with Gasteiger partial charge in [-0.25, -0.2) is 14.3 Å². The average Bonchev–Trinajstić information content (AvgIpc) is 3.08. The number of nitrogens with one attached hydrogen (secondary N) is 2. The fourth-order valence-corrected chi connectivity index (χ4v) is 5.72. The topological polar surface area (TPSA) is 109 Å². The van der Waals surface area contributed by atoms with Crippen molar-refractivity contribution < 1.29 is 27.9 Å². The molecule has 1 aliphatic heterocycles. The molecule has 0 bridgehead atoms. The van der Waals surface area contributed by atoms with E-state index in [1.807, 2.05) is 0 Å². The number of imidazole rings is 1. The van der Waals surface area contributed by atoms with Crippen molar-refractivity contribution in [3.05, 3.63) is 29.7 Å². The number of alkyl halides is 3. The maximum absolute atomic E-state index is 13.1. The zero-order chi connectivity index (χ0) is 23.4. The fourth-order valence-electron chi connectivity index (χ4n) is 5.72. The van der Waals surface area contributed by atoms with Crippen molar-refractivity contribution in [2.75, 3.05) is 6.54 Å². The summed E-state index contributed by atoms with van der Waals surface area (Å²) in [5, 5.41) is 18.7. The summed E-state index contributed by atoms with van der Waals surface area (Å²) >= 11 is 0. The molecule has 3 atom stereocenters. The van der Waals surface area contributed by atoms with E-state index in [0.717, 1.165) is 12.8 Å². The zero-order valence-electron chi connectivity index (χ0n) is 17.9. The number of carbonyl (C=O) groups is 2. The third-order valence-electron chi connectivity index (χ3n) is 7.65. The van der Waals surface area contributed by atoms with Gasteiger partial charge < -0.3 is 15.7 Å². The molecule has 3 aliphatic rings. The van der Waals surface area contributed by atoms with E-state index < -0.39 is 42.6 Å². The Labute approximate surface area is 187 Å². The summed E-state index contributed by atoms with van der Waals surface area (Å²) in [6.07, 6.45) is 1.60. The summed E-state index contributed by atoms with van der Waals surface area (Å²) < 4.78 is 40.8. The molecule has 2 amide bonds. The first-order valence-corrected chi connectivity index (χ1v) is 11.3. The van der Waals surface area contributed by atoms with Crippen molar-refractivity contribution in [1.29, 1.82) is 0 Å². The monoisotopic (exact) mass is 465 g/mol. The van der Waals surface area contributed by atoms with Crippen LogP contribution in [0.2, 0.25) is 0 Å². The van der Waals surface area contributed by atoms with Gasteiger partial charge in [0.05, 0.1) is 29.5 Å². The minimum atomic E-state index is -4.35. The standard InChI is InChI=1S/C22H26F3N5O3/c23-22(24,25)14-6-12(19(31)26-10-14)7-15-2-3-17-27-16(11-30(17)29-15)18(28-20(32)33)13-8-21(9-13)4-1-5-21/h2-3,11-14,18,28H,1,4-10H2,(H,26,31)(H,32,33)/t12?,14-,18?/m1/s1. The fraction of sp³-hybridized carbons (Fsp3) is 0.636. The van der Waals surface area contributed by atoms with Gasteiger partial charge in [-0.05, 0) is 55.6 Å². The van der Waals surface area contributed by atoms with E-state index in [2.05, 4.69) is 20.7 Å². The number of halogens is 3. The Morgan fingerprint density at radius 1 is 1.33 bits per heavy atom. The maximum atomic E-state index is 13.1. The van der Waals surface area contributed by atoms with Crippen LogP contribution in [-0.2, 0) is 11.2 Å². The van der Waals surface area contributed by atoms with Gasteiger partial charge in [0, 0.05) is 18.9 Å². The van der Waals surface area contributed by atoms with Crippen LogP contribution in [0.1, 0.15) is 56.0 Å². The summed E-state index contributed by atoms with van der Waals surface area (Å²) in [4.78, 5) is 28.1. The normalized spacial score (nSPS) is 25.8. The number of nitrogens with zero attached hydrogens (tertiary/aromatic N) is 3. The molecule has 33 heavy (non-hydrogen) atoms. The minimum Gasteiger partial charge on any atom is -0.465 e. The molecular formula is C22H26F3N5O3. The predicted molar refractivity (Wildman–Crippen MR) is 110 cm³/mol.